The molecule has 0 radical (unpaired) electrons. The van der Waals surface area contributed by atoms with Crippen LogP contribution < -0.4 is 5.32 Å². The van der Waals surface area contributed by atoms with Crippen molar-refractivity contribution < 1.29 is 14.3 Å². The molecule has 0 aliphatic heterocycles. The Kier molecular flexibility index (Phi) is 5.58. The number of nitrogens with zero attached hydrogens (tertiary/aromatic N) is 1. The number of nitrogens with one attached hydrogen (secondary N) is 1. The lowest BCUT2D eigenvalue weighted by atomic mass is 9.95. The molecule has 122 valence electrons. The molecule has 0 bridgehead atoms. The molecule has 0 spiro atoms. The van der Waals surface area contributed by atoms with E-state index in [1.165, 1.54) is 16.2 Å². The standard InChI is InChI=1S/C16H24N2O3S/c1-5-21-16(20)13-11-8-6-7-9-12(11)22-15(13)17-14(19)10(2)18(3)4/h10H,5-9H2,1-4H3,(H,17,19)/t10-/m0/s1. The molecule has 2 rings (SSSR count). The van der Waals surface area contributed by atoms with Gasteiger partial charge in [0.1, 0.15) is 5.00 Å². The molecular formula is C16H24N2O3S. The summed E-state index contributed by atoms with van der Waals surface area (Å²) in [6, 6.07) is -0.255. The minimum Gasteiger partial charge on any atom is -0.462 e. The Morgan fingerprint density at radius 1 is 1.32 bits per heavy atom. The van der Waals surface area contributed by atoms with Crippen LogP contribution in [0.15, 0.2) is 0 Å². The first-order valence-corrected chi connectivity index (χ1v) is 8.56. The summed E-state index contributed by atoms with van der Waals surface area (Å²) >= 11 is 1.52. The predicted octanol–water partition coefficient (Wildman–Crippen LogP) is 2.69. The Bertz CT molecular complexity index is 566. The lowest BCUT2D eigenvalue weighted by molar-refractivity contribution is -0.119. The van der Waals surface area contributed by atoms with Crippen LogP contribution in [-0.4, -0.2) is 43.5 Å². The van der Waals surface area contributed by atoms with Gasteiger partial charge in [-0.15, -0.1) is 11.3 Å². The van der Waals surface area contributed by atoms with E-state index >= 15 is 0 Å². The van der Waals surface area contributed by atoms with Crippen LogP contribution in [0.5, 0.6) is 0 Å². The zero-order valence-electron chi connectivity index (χ0n) is 13.7. The van der Waals surface area contributed by atoms with E-state index in [2.05, 4.69) is 5.32 Å². The predicted molar refractivity (Wildman–Crippen MR) is 88.7 cm³/mol. The van der Waals surface area contributed by atoms with Crippen molar-refractivity contribution in [2.45, 2.75) is 45.6 Å². The minimum absolute atomic E-state index is 0.103. The maximum absolute atomic E-state index is 12.3. The molecule has 1 N–H and O–H groups in total. The number of thiophene rings is 1. The normalized spacial score (nSPS) is 15.3. The van der Waals surface area contributed by atoms with Gasteiger partial charge in [0.15, 0.2) is 0 Å². The molecule has 1 atom stereocenters. The van der Waals surface area contributed by atoms with E-state index in [4.69, 9.17) is 4.74 Å². The quantitative estimate of drug-likeness (QED) is 0.846. The number of likely N-dealkylation sites (N-methyl/N-ethyl adjacent to an activating group) is 1. The van der Waals surface area contributed by atoms with Crippen LogP contribution >= 0.6 is 11.3 Å². The number of aryl methyl sites for hydroxylation is 1. The van der Waals surface area contributed by atoms with Crippen LogP contribution in [0.25, 0.3) is 0 Å². The lowest BCUT2D eigenvalue weighted by Crippen LogP contribution is -2.37. The van der Waals surface area contributed by atoms with Gasteiger partial charge in [0.25, 0.3) is 0 Å². The first-order chi connectivity index (χ1) is 10.5. The van der Waals surface area contributed by atoms with Crippen LogP contribution in [0.1, 0.15) is 47.5 Å². The minimum atomic E-state index is -0.324. The molecule has 0 unspecified atom stereocenters. The highest BCUT2D eigenvalue weighted by Gasteiger charge is 2.28. The van der Waals surface area contributed by atoms with Gasteiger partial charge >= 0.3 is 5.97 Å². The molecular weight excluding hydrogens is 300 g/mol. The molecule has 5 nitrogen and oxygen atoms in total. The van der Waals surface area contributed by atoms with Crippen molar-refractivity contribution in [1.29, 1.82) is 0 Å². The first-order valence-electron chi connectivity index (χ1n) is 7.74. The van der Waals surface area contributed by atoms with Crippen LogP contribution in [0.3, 0.4) is 0 Å². The van der Waals surface area contributed by atoms with Crippen LogP contribution in [-0.2, 0) is 22.4 Å². The molecule has 1 aliphatic rings. The summed E-state index contributed by atoms with van der Waals surface area (Å²) in [4.78, 5) is 27.7. The number of esters is 1. The van der Waals surface area contributed by atoms with Gasteiger partial charge in [-0.2, -0.15) is 0 Å². The van der Waals surface area contributed by atoms with Crippen molar-refractivity contribution in [1.82, 2.24) is 4.90 Å². The third-order valence-electron chi connectivity index (χ3n) is 4.04. The van der Waals surface area contributed by atoms with Crippen molar-refractivity contribution in [3.63, 3.8) is 0 Å². The molecule has 1 aliphatic carbocycles. The Hall–Kier alpha value is -1.40. The number of ether oxygens (including phenoxy) is 1. The van der Waals surface area contributed by atoms with Gasteiger partial charge in [0, 0.05) is 4.88 Å². The second kappa shape index (κ2) is 7.24. The fraction of sp³-hybridized carbons (Fsp3) is 0.625. The third-order valence-corrected chi connectivity index (χ3v) is 5.25. The van der Waals surface area contributed by atoms with Crippen molar-refractivity contribution in [3.8, 4) is 0 Å². The maximum Gasteiger partial charge on any atom is 0.341 e. The number of carbonyl (C=O) groups is 2. The average Bonchev–Trinajstić information content (AvgIpc) is 2.84. The largest absolute Gasteiger partial charge is 0.462 e. The number of carbonyl (C=O) groups excluding carboxylic acids is 2. The molecule has 1 heterocycles. The van der Waals surface area contributed by atoms with Gasteiger partial charge in [-0.3, -0.25) is 9.69 Å². The van der Waals surface area contributed by atoms with Gasteiger partial charge in [-0.1, -0.05) is 0 Å². The lowest BCUT2D eigenvalue weighted by Gasteiger charge is -2.18. The highest BCUT2D eigenvalue weighted by molar-refractivity contribution is 7.17. The second-order valence-electron chi connectivity index (χ2n) is 5.76. The van der Waals surface area contributed by atoms with Crippen LogP contribution in [0.2, 0.25) is 0 Å². The van der Waals surface area contributed by atoms with Gasteiger partial charge in [0.2, 0.25) is 5.91 Å². The molecule has 1 amide bonds. The van der Waals surface area contributed by atoms with Crippen molar-refractivity contribution in [2.24, 2.45) is 0 Å². The number of hydrogen-bond acceptors (Lipinski definition) is 5. The highest BCUT2D eigenvalue weighted by Crippen LogP contribution is 2.38. The van der Waals surface area contributed by atoms with Crippen molar-refractivity contribution in [3.05, 3.63) is 16.0 Å². The Morgan fingerprint density at radius 3 is 2.64 bits per heavy atom. The van der Waals surface area contributed by atoms with E-state index in [9.17, 15) is 9.59 Å². The molecule has 22 heavy (non-hydrogen) atoms. The number of rotatable bonds is 5. The fourth-order valence-corrected chi connectivity index (χ4v) is 3.80. The third kappa shape index (κ3) is 3.50. The molecule has 0 aromatic carbocycles. The summed E-state index contributed by atoms with van der Waals surface area (Å²) in [5.41, 5.74) is 1.64. The van der Waals surface area contributed by atoms with Crippen LogP contribution in [0, 0.1) is 0 Å². The topological polar surface area (TPSA) is 58.6 Å². The Balaban J connectivity index is 2.32. The van der Waals surface area contributed by atoms with E-state index in [0.717, 1.165) is 31.2 Å². The summed E-state index contributed by atoms with van der Waals surface area (Å²) < 4.78 is 5.19. The highest BCUT2D eigenvalue weighted by atomic mass is 32.1. The second-order valence-corrected chi connectivity index (χ2v) is 6.87. The Morgan fingerprint density at radius 2 is 2.00 bits per heavy atom. The van der Waals surface area contributed by atoms with E-state index in [0.29, 0.717) is 17.2 Å². The maximum atomic E-state index is 12.3. The van der Waals surface area contributed by atoms with Gasteiger partial charge in [-0.05, 0) is 59.2 Å². The van der Waals surface area contributed by atoms with Gasteiger partial charge in [0.05, 0.1) is 18.2 Å². The van der Waals surface area contributed by atoms with E-state index < -0.39 is 0 Å². The van der Waals surface area contributed by atoms with E-state index in [-0.39, 0.29) is 17.9 Å². The zero-order chi connectivity index (χ0) is 16.3. The summed E-state index contributed by atoms with van der Waals surface area (Å²) in [6.07, 6.45) is 4.08. The molecule has 6 heteroatoms. The SMILES string of the molecule is CCOC(=O)c1c(NC(=O)[C@H](C)N(C)C)sc2c1CCCC2. The van der Waals surface area contributed by atoms with Crippen LogP contribution in [0.4, 0.5) is 5.00 Å². The number of hydrogen-bond donors (Lipinski definition) is 1. The summed E-state index contributed by atoms with van der Waals surface area (Å²) in [6.45, 7) is 3.97. The summed E-state index contributed by atoms with van der Waals surface area (Å²) in [7, 11) is 3.71. The van der Waals surface area contributed by atoms with E-state index in [1.807, 2.05) is 25.9 Å². The van der Waals surface area contributed by atoms with E-state index in [1.54, 1.807) is 6.92 Å². The van der Waals surface area contributed by atoms with Gasteiger partial charge < -0.3 is 10.1 Å². The fourth-order valence-electron chi connectivity index (χ4n) is 2.52. The van der Waals surface area contributed by atoms with Crippen molar-refractivity contribution >= 4 is 28.2 Å². The molecule has 0 saturated carbocycles. The molecule has 0 fully saturated rings. The smallest absolute Gasteiger partial charge is 0.341 e. The summed E-state index contributed by atoms with van der Waals surface area (Å²) in [5, 5.41) is 3.57. The number of anilines is 1. The number of amides is 1. The zero-order valence-corrected chi connectivity index (χ0v) is 14.5. The first kappa shape index (κ1) is 17.0. The van der Waals surface area contributed by atoms with Gasteiger partial charge in [-0.25, -0.2) is 4.79 Å². The Labute approximate surface area is 135 Å². The molecule has 1 aromatic heterocycles. The molecule has 1 aromatic rings. The summed E-state index contributed by atoms with van der Waals surface area (Å²) in [5.74, 6) is -0.427. The van der Waals surface area contributed by atoms with Crippen molar-refractivity contribution in [2.75, 3.05) is 26.0 Å². The monoisotopic (exact) mass is 324 g/mol. The average molecular weight is 324 g/mol. The molecule has 0 saturated heterocycles. The number of fused-ring (bicyclic) bond motifs is 1.